The van der Waals surface area contributed by atoms with Crippen molar-refractivity contribution in [1.29, 1.82) is 0 Å². The monoisotopic (exact) mass is 432 g/mol. The van der Waals surface area contributed by atoms with Crippen LogP contribution in [-0.2, 0) is 0 Å². The number of nitrogens with zero attached hydrogens (tertiary/aromatic N) is 2. The molecule has 5 N–H and O–H groups in total. The SMILES string of the molecule is CC(C)N(CCNC(=O)c1csc(NC(=O)c2cccc(NC(N)=O)c2)n1)C(C)C. The van der Waals surface area contributed by atoms with E-state index in [-0.39, 0.29) is 11.6 Å². The summed E-state index contributed by atoms with van der Waals surface area (Å²) in [5.41, 5.74) is 6.07. The highest BCUT2D eigenvalue weighted by Crippen LogP contribution is 2.18. The number of anilines is 2. The number of carbonyl (C=O) groups is 3. The predicted molar refractivity (Wildman–Crippen MR) is 119 cm³/mol. The summed E-state index contributed by atoms with van der Waals surface area (Å²) in [4.78, 5) is 42.2. The van der Waals surface area contributed by atoms with E-state index in [0.29, 0.717) is 35.0 Å². The molecule has 2 rings (SSSR count). The van der Waals surface area contributed by atoms with E-state index >= 15 is 0 Å². The fraction of sp³-hybridized carbons (Fsp3) is 0.400. The molecule has 0 fully saturated rings. The Bertz CT molecular complexity index is 888. The molecule has 2 aromatic rings. The maximum Gasteiger partial charge on any atom is 0.316 e. The minimum absolute atomic E-state index is 0.250. The first kappa shape index (κ1) is 23.3. The molecule has 0 spiro atoms. The summed E-state index contributed by atoms with van der Waals surface area (Å²) in [6.07, 6.45) is 0. The van der Waals surface area contributed by atoms with Gasteiger partial charge in [0.05, 0.1) is 0 Å². The molecular weight excluding hydrogens is 404 g/mol. The first-order chi connectivity index (χ1) is 14.2. The van der Waals surface area contributed by atoms with Gasteiger partial charge in [-0.3, -0.25) is 19.8 Å². The average Bonchev–Trinajstić information content (AvgIpc) is 3.12. The van der Waals surface area contributed by atoms with Crippen molar-refractivity contribution in [3.8, 4) is 0 Å². The Balaban J connectivity index is 1.92. The number of aromatic nitrogens is 1. The molecular formula is C20H28N6O3S. The van der Waals surface area contributed by atoms with E-state index in [2.05, 4.69) is 53.5 Å². The number of nitrogens with one attached hydrogen (secondary N) is 3. The third-order valence-corrected chi connectivity index (χ3v) is 5.09. The molecule has 0 saturated carbocycles. The molecule has 10 heteroatoms. The number of primary amides is 1. The molecule has 162 valence electrons. The van der Waals surface area contributed by atoms with Crippen molar-refractivity contribution in [1.82, 2.24) is 15.2 Å². The van der Waals surface area contributed by atoms with Gasteiger partial charge in [-0.1, -0.05) is 6.07 Å². The van der Waals surface area contributed by atoms with Crippen LogP contribution in [0.25, 0.3) is 0 Å². The van der Waals surface area contributed by atoms with Gasteiger partial charge in [0.25, 0.3) is 11.8 Å². The maximum absolute atomic E-state index is 12.4. The molecule has 0 aliphatic heterocycles. The molecule has 9 nitrogen and oxygen atoms in total. The van der Waals surface area contributed by atoms with Crippen molar-refractivity contribution in [3.63, 3.8) is 0 Å². The van der Waals surface area contributed by atoms with Gasteiger partial charge < -0.3 is 16.4 Å². The first-order valence-corrected chi connectivity index (χ1v) is 10.5. The molecule has 1 heterocycles. The highest BCUT2D eigenvalue weighted by atomic mass is 32.1. The highest BCUT2D eigenvalue weighted by Gasteiger charge is 2.16. The Hall–Kier alpha value is -2.98. The zero-order valence-electron chi connectivity index (χ0n) is 17.6. The predicted octanol–water partition coefficient (Wildman–Crippen LogP) is 2.73. The Labute approximate surface area is 180 Å². The summed E-state index contributed by atoms with van der Waals surface area (Å²) in [5, 5.41) is 9.84. The third-order valence-electron chi connectivity index (χ3n) is 4.33. The van der Waals surface area contributed by atoms with Gasteiger partial charge in [0.1, 0.15) is 5.69 Å². The molecule has 1 aromatic carbocycles. The molecule has 0 atom stereocenters. The number of carbonyl (C=O) groups excluding carboxylic acids is 3. The molecule has 0 aliphatic rings. The van der Waals surface area contributed by atoms with Crippen molar-refractivity contribution in [3.05, 3.63) is 40.9 Å². The van der Waals surface area contributed by atoms with Crippen molar-refractivity contribution in [2.24, 2.45) is 5.73 Å². The minimum Gasteiger partial charge on any atom is -0.351 e. The number of thiazole rings is 1. The van der Waals surface area contributed by atoms with Crippen LogP contribution < -0.4 is 21.7 Å². The van der Waals surface area contributed by atoms with Crippen LogP contribution in [0.1, 0.15) is 48.5 Å². The van der Waals surface area contributed by atoms with E-state index < -0.39 is 11.9 Å². The van der Waals surface area contributed by atoms with Gasteiger partial charge in [-0.05, 0) is 45.9 Å². The summed E-state index contributed by atoms with van der Waals surface area (Å²) in [6.45, 7) is 9.74. The van der Waals surface area contributed by atoms with Gasteiger partial charge in [-0.25, -0.2) is 9.78 Å². The van der Waals surface area contributed by atoms with E-state index in [1.54, 1.807) is 23.6 Å². The van der Waals surface area contributed by atoms with Crippen LogP contribution in [-0.4, -0.2) is 52.9 Å². The fourth-order valence-corrected chi connectivity index (χ4v) is 3.67. The van der Waals surface area contributed by atoms with E-state index in [4.69, 9.17) is 5.73 Å². The van der Waals surface area contributed by atoms with Crippen LogP contribution in [0.15, 0.2) is 29.6 Å². The lowest BCUT2D eigenvalue weighted by molar-refractivity contribution is 0.0934. The van der Waals surface area contributed by atoms with Gasteiger partial charge in [0, 0.05) is 41.8 Å². The van der Waals surface area contributed by atoms with Crippen LogP contribution in [0.5, 0.6) is 0 Å². The number of rotatable bonds is 9. The number of nitrogens with two attached hydrogens (primary N) is 1. The summed E-state index contributed by atoms with van der Waals surface area (Å²) < 4.78 is 0. The molecule has 0 bridgehead atoms. The van der Waals surface area contributed by atoms with E-state index in [0.717, 1.165) is 17.9 Å². The molecule has 0 aliphatic carbocycles. The fourth-order valence-electron chi connectivity index (χ4n) is 2.99. The summed E-state index contributed by atoms with van der Waals surface area (Å²) in [6, 6.07) is 6.40. The molecule has 30 heavy (non-hydrogen) atoms. The lowest BCUT2D eigenvalue weighted by atomic mass is 10.2. The summed E-state index contributed by atoms with van der Waals surface area (Å²) in [5.74, 6) is -0.694. The topological polar surface area (TPSA) is 129 Å². The van der Waals surface area contributed by atoms with Crippen molar-refractivity contribution >= 4 is 40.0 Å². The second-order valence-electron chi connectivity index (χ2n) is 7.24. The van der Waals surface area contributed by atoms with Crippen LogP contribution in [0.3, 0.4) is 0 Å². The van der Waals surface area contributed by atoms with E-state index in [9.17, 15) is 14.4 Å². The van der Waals surface area contributed by atoms with Crippen molar-refractivity contribution in [2.75, 3.05) is 23.7 Å². The maximum atomic E-state index is 12.4. The van der Waals surface area contributed by atoms with Gasteiger partial charge in [-0.15, -0.1) is 11.3 Å². The largest absolute Gasteiger partial charge is 0.351 e. The van der Waals surface area contributed by atoms with Gasteiger partial charge in [0.2, 0.25) is 0 Å². The first-order valence-electron chi connectivity index (χ1n) is 9.64. The number of hydrogen-bond donors (Lipinski definition) is 4. The number of hydrogen-bond acceptors (Lipinski definition) is 6. The van der Waals surface area contributed by atoms with E-state index in [1.807, 2.05) is 0 Å². The number of amides is 4. The van der Waals surface area contributed by atoms with Crippen LogP contribution in [0, 0.1) is 0 Å². The smallest absolute Gasteiger partial charge is 0.316 e. The van der Waals surface area contributed by atoms with Gasteiger partial charge >= 0.3 is 6.03 Å². The van der Waals surface area contributed by atoms with Crippen LogP contribution in [0.2, 0.25) is 0 Å². The lowest BCUT2D eigenvalue weighted by Gasteiger charge is -2.30. The summed E-state index contributed by atoms with van der Waals surface area (Å²) in [7, 11) is 0. The normalized spacial score (nSPS) is 11.0. The molecule has 0 saturated heterocycles. The number of urea groups is 1. The zero-order valence-corrected chi connectivity index (χ0v) is 18.4. The lowest BCUT2D eigenvalue weighted by Crippen LogP contribution is -2.42. The average molecular weight is 433 g/mol. The standard InChI is InChI=1S/C20H28N6O3S/c1-12(2)26(13(3)4)9-8-22-18(28)16-11-30-20(24-16)25-17(27)14-6-5-7-15(10-14)23-19(21)29/h5-7,10-13H,8-9H2,1-4H3,(H,22,28)(H3,21,23,29)(H,24,25,27). The molecule has 1 aromatic heterocycles. The number of benzene rings is 1. The Morgan fingerprint density at radius 2 is 1.80 bits per heavy atom. The summed E-state index contributed by atoms with van der Waals surface area (Å²) >= 11 is 1.16. The Kier molecular flexibility index (Phi) is 8.31. The second kappa shape index (κ2) is 10.7. The Morgan fingerprint density at radius 1 is 1.10 bits per heavy atom. The minimum atomic E-state index is -0.715. The molecule has 0 unspecified atom stereocenters. The zero-order chi connectivity index (χ0) is 22.3. The van der Waals surface area contributed by atoms with Crippen LogP contribution >= 0.6 is 11.3 Å². The van der Waals surface area contributed by atoms with Gasteiger partial charge in [0.15, 0.2) is 5.13 Å². The molecule has 0 radical (unpaired) electrons. The quantitative estimate of drug-likeness (QED) is 0.484. The van der Waals surface area contributed by atoms with Crippen molar-refractivity contribution in [2.45, 2.75) is 39.8 Å². The Morgan fingerprint density at radius 3 is 2.43 bits per heavy atom. The van der Waals surface area contributed by atoms with Crippen LogP contribution in [0.4, 0.5) is 15.6 Å². The third kappa shape index (κ3) is 6.82. The van der Waals surface area contributed by atoms with Crippen molar-refractivity contribution < 1.29 is 14.4 Å². The second-order valence-corrected chi connectivity index (χ2v) is 8.10. The molecule has 4 amide bonds. The van der Waals surface area contributed by atoms with Gasteiger partial charge in [-0.2, -0.15) is 0 Å². The van der Waals surface area contributed by atoms with E-state index in [1.165, 1.54) is 6.07 Å². The highest BCUT2D eigenvalue weighted by molar-refractivity contribution is 7.14.